The van der Waals surface area contributed by atoms with Crippen LogP contribution in [0.5, 0.6) is 17.2 Å². The van der Waals surface area contributed by atoms with Crippen molar-refractivity contribution in [3.63, 3.8) is 0 Å². The van der Waals surface area contributed by atoms with Gasteiger partial charge in [-0.15, -0.1) is 0 Å². The van der Waals surface area contributed by atoms with E-state index in [1.165, 1.54) is 0 Å². The quantitative estimate of drug-likeness (QED) is 0.485. The van der Waals surface area contributed by atoms with Crippen LogP contribution in [-0.2, 0) is 13.2 Å². The molecule has 0 fully saturated rings. The Kier molecular flexibility index (Phi) is 7.04. The summed E-state index contributed by atoms with van der Waals surface area (Å²) in [5, 5.41) is 4.09. The van der Waals surface area contributed by atoms with Gasteiger partial charge in [-0.3, -0.25) is 0 Å². The van der Waals surface area contributed by atoms with Crippen molar-refractivity contribution >= 4 is 17.3 Å². The van der Waals surface area contributed by atoms with Gasteiger partial charge in [-0.2, -0.15) is 0 Å². The SMILES string of the molecule is CCOc1ccc(NCc2ccc(OCc3ccccc3Cl)c(OC)c2)cc1. The summed E-state index contributed by atoms with van der Waals surface area (Å²) in [5.41, 5.74) is 3.06. The van der Waals surface area contributed by atoms with Gasteiger partial charge in [0, 0.05) is 22.8 Å². The highest BCUT2D eigenvalue weighted by molar-refractivity contribution is 6.31. The van der Waals surface area contributed by atoms with E-state index < -0.39 is 0 Å². The number of methoxy groups -OCH3 is 1. The van der Waals surface area contributed by atoms with Gasteiger partial charge < -0.3 is 19.5 Å². The maximum Gasteiger partial charge on any atom is 0.161 e. The summed E-state index contributed by atoms with van der Waals surface area (Å²) in [5.74, 6) is 2.25. The first kappa shape index (κ1) is 19.9. The van der Waals surface area contributed by atoms with Gasteiger partial charge in [0.25, 0.3) is 0 Å². The number of ether oxygens (including phenoxy) is 3. The largest absolute Gasteiger partial charge is 0.494 e. The second kappa shape index (κ2) is 9.90. The second-order valence-electron chi connectivity index (χ2n) is 6.18. The molecule has 4 nitrogen and oxygen atoms in total. The molecule has 3 rings (SSSR count). The summed E-state index contributed by atoms with van der Waals surface area (Å²) in [6.45, 7) is 3.70. The van der Waals surface area contributed by atoms with Crippen molar-refractivity contribution in [3.8, 4) is 17.2 Å². The van der Waals surface area contributed by atoms with Crippen LogP contribution in [0.1, 0.15) is 18.1 Å². The first-order chi connectivity index (χ1) is 13.7. The number of benzene rings is 3. The van der Waals surface area contributed by atoms with E-state index in [-0.39, 0.29) is 0 Å². The second-order valence-corrected chi connectivity index (χ2v) is 6.58. The molecule has 0 spiro atoms. The van der Waals surface area contributed by atoms with Crippen LogP contribution >= 0.6 is 11.6 Å². The van der Waals surface area contributed by atoms with Crippen molar-refractivity contribution in [2.75, 3.05) is 19.0 Å². The van der Waals surface area contributed by atoms with E-state index >= 15 is 0 Å². The lowest BCUT2D eigenvalue weighted by molar-refractivity contribution is 0.284. The molecule has 3 aromatic carbocycles. The molecule has 0 aromatic heterocycles. The van der Waals surface area contributed by atoms with E-state index in [9.17, 15) is 0 Å². The third kappa shape index (κ3) is 5.33. The van der Waals surface area contributed by atoms with Crippen molar-refractivity contribution in [2.45, 2.75) is 20.1 Å². The fraction of sp³-hybridized carbons (Fsp3) is 0.217. The molecule has 0 amide bonds. The minimum absolute atomic E-state index is 0.389. The lowest BCUT2D eigenvalue weighted by Gasteiger charge is -2.14. The predicted molar refractivity (Wildman–Crippen MR) is 114 cm³/mol. The van der Waals surface area contributed by atoms with E-state index in [1.54, 1.807) is 7.11 Å². The van der Waals surface area contributed by atoms with Crippen molar-refractivity contribution in [2.24, 2.45) is 0 Å². The number of halogens is 1. The number of hydrogen-bond acceptors (Lipinski definition) is 4. The lowest BCUT2D eigenvalue weighted by Crippen LogP contribution is -2.02. The molecular formula is C23H24ClNO3. The van der Waals surface area contributed by atoms with Crippen molar-refractivity contribution in [3.05, 3.63) is 82.9 Å². The van der Waals surface area contributed by atoms with E-state index in [0.717, 1.165) is 22.6 Å². The molecule has 28 heavy (non-hydrogen) atoms. The number of rotatable bonds is 9. The van der Waals surface area contributed by atoms with Gasteiger partial charge in [-0.25, -0.2) is 0 Å². The highest BCUT2D eigenvalue weighted by Gasteiger charge is 2.08. The Hall–Kier alpha value is -2.85. The highest BCUT2D eigenvalue weighted by Crippen LogP contribution is 2.30. The van der Waals surface area contributed by atoms with Crippen LogP contribution in [0.3, 0.4) is 0 Å². The average molecular weight is 398 g/mol. The summed E-state index contributed by atoms with van der Waals surface area (Å²) in [7, 11) is 1.64. The molecule has 1 N–H and O–H groups in total. The Labute approximate surface area is 171 Å². The van der Waals surface area contributed by atoms with Crippen LogP contribution < -0.4 is 19.5 Å². The maximum atomic E-state index is 6.19. The predicted octanol–water partition coefficient (Wildman–Crippen LogP) is 5.94. The van der Waals surface area contributed by atoms with Crippen molar-refractivity contribution in [1.29, 1.82) is 0 Å². The smallest absolute Gasteiger partial charge is 0.161 e. The molecule has 0 aliphatic heterocycles. The summed E-state index contributed by atoms with van der Waals surface area (Å²) in [4.78, 5) is 0. The van der Waals surface area contributed by atoms with Gasteiger partial charge in [0.05, 0.1) is 13.7 Å². The first-order valence-electron chi connectivity index (χ1n) is 9.19. The Bertz CT molecular complexity index is 897. The molecule has 0 unspecified atom stereocenters. The maximum absolute atomic E-state index is 6.19. The van der Waals surface area contributed by atoms with Crippen LogP contribution in [0.15, 0.2) is 66.7 Å². The lowest BCUT2D eigenvalue weighted by atomic mass is 10.2. The Balaban J connectivity index is 1.61. The number of hydrogen-bond donors (Lipinski definition) is 1. The topological polar surface area (TPSA) is 39.7 Å². The summed E-state index contributed by atoms with van der Waals surface area (Å²) < 4.78 is 16.9. The van der Waals surface area contributed by atoms with E-state index in [2.05, 4.69) is 5.32 Å². The van der Waals surface area contributed by atoms with E-state index in [0.29, 0.717) is 36.3 Å². The van der Waals surface area contributed by atoms with Gasteiger partial charge in [0.15, 0.2) is 11.5 Å². The van der Waals surface area contributed by atoms with Crippen LogP contribution in [-0.4, -0.2) is 13.7 Å². The molecule has 0 atom stereocenters. The molecule has 0 aliphatic rings. The monoisotopic (exact) mass is 397 g/mol. The zero-order valence-corrected chi connectivity index (χ0v) is 16.8. The molecule has 0 radical (unpaired) electrons. The first-order valence-corrected chi connectivity index (χ1v) is 9.57. The van der Waals surface area contributed by atoms with Crippen molar-refractivity contribution < 1.29 is 14.2 Å². The third-order valence-corrected chi connectivity index (χ3v) is 4.60. The fourth-order valence-corrected chi connectivity index (χ4v) is 2.94. The van der Waals surface area contributed by atoms with Crippen molar-refractivity contribution in [1.82, 2.24) is 0 Å². The van der Waals surface area contributed by atoms with Gasteiger partial charge in [0.1, 0.15) is 12.4 Å². The fourth-order valence-electron chi connectivity index (χ4n) is 2.75. The van der Waals surface area contributed by atoms with Crippen LogP contribution in [0.25, 0.3) is 0 Å². The Morgan fingerprint density at radius 1 is 0.893 bits per heavy atom. The molecule has 0 saturated carbocycles. The summed E-state index contributed by atoms with van der Waals surface area (Å²) >= 11 is 6.19. The Morgan fingerprint density at radius 3 is 2.39 bits per heavy atom. The van der Waals surface area contributed by atoms with E-state index in [1.807, 2.05) is 73.7 Å². The van der Waals surface area contributed by atoms with Crippen LogP contribution in [0.4, 0.5) is 5.69 Å². The van der Waals surface area contributed by atoms with Crippen LogP contribution in [0, 0.1) is 0 Å². The van der Waals surface area contributed by atoms with Gasteiger partial charge in [-0.05, 0) is 55.0 Å². The molecule has 0 bridgehead atoms. The van der Waals surface area contributed by atoms with Gasteiger partial charge in [0.2, 0.25) is 0 Å². The minimum Gasteiger partial charge on any atom is -0.494 e. The number of nitrogens with one attached hydrogen (secondary N) is 1. The molecule has 5 heteroatoms. The van der Waals surface area contributed by atoms with E-state index in [4.69, 9.17) is 25.8 Å². The zero-order valence-electron chi connectivity index (χ0n) is 16.1. The molecule has 0 heterocycles. The minimum atomic E-state index is 0.389. The van der Waals surface area contributed by atoms with Crippen LogP contribution in [0.2, 0.25) is 5.02 Å². The Morgan fingerprint density at radius 2 is 1.68 bits per heavy atom. The zero-order chi connectivity index (χ0) is 19.8. The standard InChI is InChI=1S/C23H24ClNO3/c1-3-27-20-11-9-19(10-12-20)25-15-17-8-13-22(23(14-17)26-2)28-16-18-6-4-5-7-21(18)24/h4-14,25H,3,15-16H2,1-2H3. The molecule has 0 saturated heterocycles. The normalized spacial score (nSPS) is 10.4. The summed E-state index contributed by atoms with van der Waals surface area (Å²) in [6.07, 6.45) is 0. The molecule has 146 valence electrons. The third-order valence-electron chi connectivity index (χ3n) is 4.23. The molecular weight excluding hydrogens is 374 g/mol. The van der Waals surface area contributed by atoms with Gasteiger partial charge >= 0.3 is 0 Å². The average Bonchev–Trinajstić information content (AvgIpc) is 2.73. The molecule has 0 aliphatic carbocycles. The van der Waals surface area contributed by atoms with Gasteiger partial charge in [-0.1, -0.05) is 35.9 Å². The highest BCUT2D eigenvalue weighted by atomic mass is 35.5. The number of anilines is 1. The molecule has 3 aromatic rings. The summed E-state index contributed by atoms with van der Waals surface area (Å²) in [6, 6.07) is 21.5.